The van der Waals surface area contributed by atoms with Crippen molar-refractivity contribution in [3.05, 3.63) is 65.1 Å². The lowest BCUT2D eigenvalue weighted by molar-refractivity contribution is -0.155. The summed E-state index contributed by atoms with van der Waals surface area (Å²) in [6.07, 6.45) is -3.94. The van der Waals surface area contributed by atoms with Gasteiger partial charge in [-0.15, -0.1) is 0 Å². The van der Waals surface area contributed by atoms with E-state index in [1.165, 1.54) is 23.1 Å². The van der Waals surface area contributed by atoms with Crippen LogP contribution in [0.2, 0.25) is 0 Å². The van der Waals surface area contributed by atoms with E-state index in [4.69, 9.17) is 4.74 Å². The molecule has 154 valence electrons. The molecule has 0 amide bonds. The molecular weight excluding hydrogens is 384 g/mol. The maximum absolute atomic E-state index is 14.9. The lowest BCUT2D eigenvalue weighted by Crippen LogP contribution is -2.47. The van der Waals surface area contributed by atoms with E-state index in [0.29, 0.717) is 24.5 Å². The molecule has 7 heteroatoms. The zero-order valence-electron chi connectivity index (χ0n) is 16.2. The molecular formula is C22H22F4N2O. The molecule has 2 atom stereocenters. The van der Waals surface area contributed by atoms with Crippen molar-refractivity contribution in [3.8, 4) is 5.75 Å². The number of H-pyrrole nitrogens is 1. The Morgan fingerprint density at radius 3 is 2.66 bits per heavy atom. The Hall–Kier alpha value is -2.54. The molecule has 1 aliphatic heterocycles. The first kappa shape index (κ1) is 19.8. The Kier molecular flexibility index (Phi) is 5.02. The van der Waals surface area contributed by atoms with E-state index in [-0.39, 0.29) is 5.56 Å². The van der Waals surface area contributed by atoms with Gasteiger partial charge in [0.2, 0.25) is 0 Å². The van der Waals surface area contributed by atoms with Crippen molar-refractivity contribution in [1.82, 2.24) is 9.88 Å². The van der Waals surface area contributed by atoms with Gasteiger partial charge in [-0.05, 0) is 50.1 Å². The summed E-state index contributed by atoms with van der Waals surface area (Å²) in [4.78, 5) is 4.59. The van der Waals surface area contributed by atoms with Crippen molar-refractivity contribution in [2.45, 2.75) is 38.5 Å². The zero-order valence-corrected chi connectivity index (χ0v) is 16.2. The van der Waals surface area contributed by atoms with E-state index in [1.54, 1.807) is 13.8 Å². The van der Waals surface area contributed by atoms with Crippen LogP contribution in [0.15, 0.2) is 42.5 Å². The molecule has 0 unspecified atom stereocenters. The largest absolute Gasteiger partial charge is 0.494 e. The van der Waals surface area contributed by atoms with Crippen molar-refractivity contribution in [3.63, 3.8) is 0 Å². The molecule has 0 radical (unpaired) electrons. The highest BCUT2D eigenvalue weighted by atomic mass is 19.4. The third kappa shape index (κ3) is 3.71. The third-order valence-electron chi connectivity index (χ3n) is 5.45. The summed E-state index contributed by atoms with van der Waals surface area (Å²) >= 11 is 0. The van der Waals surface area contributed by atoms with E-state index in [1.807, 2.05) is 24.3 Å². The SMILES string of the molecule is CCOc1ccc(F)c([C@@H]2c3[nH]c4ccccc4c3C[C@@H](C)N2CC(F)(F)F)c1. The van der Waals surface area contributed by atoms with Crippen molar-refractivity contribution >= 4 is 10.9 Å². The van der Waals surface area contributed by atoms with Crippen molar-refractivity contribution < 1.29 is 22.3 Å². The average Bonchev–Trinajstić information content (AvgIpc) is 3.01. The van der Waals surface area contributed by atoms with E-state index >= 15 is 0 Å². The Morgan fingerprint density at radius 1 is 1.17 bits per heavy atom. The molecule has 3 aromatic rings. The molecule has 0 spiro atoms. The van der Waals surface area contributed by atoms with Gasteiger partial charge in [-0.25, -0.2) is 4.39 Å². The number of ether oxygens (including phenoxy) is 1. The molecule has 0 aliphatic carbocycles. The van der Waals surface area contributed by atoms with Gasteiger partial charge >= 0.3 is 6.18 Å². The van der Waals surface area contributed by atoms with Gasteiger partial charge in [0.15, 0.2) is 0 Å². The summed E-state index contributed by atoms with van der Waals surface area (Å²) in [6, 6.07) is 10.6. The molecule has 0 saturated carbocycles. The predicted molar refractivity (Wildman–Crippen MR) is 104 cm³/mol. The van der Waals surface area contributed by atoms with Crippen LogP contribution < -0.4 is 4.74 Å². The van der Waals surface area contributed by atoms with Crippen LogP contribution in [0.4, 0.5) is 17.6 Å². The lowest BCUT2D eigenvalue weighted by atomic mass is 9.88. The highest BCUT2D eigenvalue weighted by Crippen LogP contribution is 2.43. The second-order valence-corrected chi connectivity index (χ2v) is 7.42. The number of benzene rings is 2. The summed E-state index contributed by atoms with van der Waals surface area (Å²) in [7, 11) is 0. The van der Waals surface area contributed by atoms with Crippen LogP contribution in [0.3, 0.4) is 0 Å². The molecule has 2 aromatic carbocycles. The monoisotopic (exact) mass is 406 g/mol. The van der Waals surface area contributed by atoms with Gasteiger partial charge in [0.05, 0.1) is 19.2 Å². The smallest absolute Gasteiger partial charge is 0.401 e. The molecule has 2 heterocycles. The highest BCUT2D eigenvalue weighted by molar-refractivity contribution is 5.85. The molecule has 0 bridgehead atoms. The fraction of sp³-hybridized carbons (Fsp3) is 0.364. The fourth-order valence-electron chi connectivity index (χ4n) is 4.28. The van der Waals surface area contributed by atoms with E-state index in [9.17, 15) is 17.6 Å². The van der Waals surface area contributed by atoms with Crippen LogP contribution >= 0.6 is 0 Å². The minimum Gasteiger partial charge on any atom is -0.494 e. The molecule has 1 aliphatic rings. The summed E-state index contributed by atoms with van der Waals surface area (Å²) < 4.78 is 60.6. The van der Waals surface area contributed by atoms with Gasteiger partial charge in [0.1, 0.15) is 11.6 Å². The van der Waals surface area contributed by atoms with Gasteiger partial charge in [-0.3, -0.25) is 4.90 Å². The molecule has 4 rings (SSSR count). The van der Waals surface area contributed by atoms with Crippen LogP contribution in [0.25, 0.3) is 10.9 Å². The number of para-hydroxylation sites is 1. The number of rotatable bonds is 4. The molecule has 0 fully saturated rings. The summed E-state index contributed by atoms with van der Waals surface area (Å²) in [5, 5.41) is 0.965. The van der Waals surface area contributed by atoms with Crippen LogP contribution in [-0.4, -0.2) is 35.3 Å². The molecule has 3 nitrogen and oxygen atoms in total. The second-order valence-electron chi connectivity index (χ2n) is 7.42. The Balaban J connectivity index is 1.92. The number of halogens is 4. The Morgan fingerprint density at radius 2 is 1.93 bits per heavy atom. The highest BCUT2D eigenvalue weighted by Gasteiger charge is 2.42. The lowest BCUT2D eigenvalue weighted by Gasteiger charge is -2.41. The number of alkyl halides is 3. The summed E-state index contributed by atoms with van der Waals surface area (Å²) in [5.41, 5.74) is 2.57. The first-order valence-corrected chi connectivity index (χ1v) is 9.62. The quantitative estimate of drug-likeness (QED) is 0.571. The maximum Gasteiger partial charge on any atom is 0.401 e. The second kappa shape index (κ2) is 7.37. The Labute approximate surface area is 166 Å². The minimum absolute atomic E-state index is 0.180. The van der Waals surface area contributed by atoms with Crippen LogP contribution in [0, 0.1) is 5.82 Å². The normalized spacial score (nSPS) is 20.1. The zero-order chi connectivity index (χ0) is 20.8. The molecule has 1 N–H and O–H groups in total. The van der Waals surface area contributed by atoms with Crippen LogP contribution in [0.5, 0.6) is 5.75 Å². The van der Waals surface area contributed by atoms with Gasteiger partial charge in [-0.2, -0.15) is 13.2 Å². The topological polar surface area (TPSA) is 28.3 Å². The Bertz CT molecular complexity index is 1030. The van der Waals surface area contributed by atoms with E-state index < -0.39 is 30.6 Å². The molecule has 29 heavy (non-hydrogen) atoms. The van der Waals surface area contributed by atoms with Crippen molar-refractivity contribution in [2.24, 2.45) is 0 Å². The van der Waals surface area contributed by atoms with Gasteiger partial charge in [0, 0.05) is 28.2 Å². The van der Waals surface area contributed by atoms with Gasteiger partial charge in [-0.1, -0.05) is 18.2 Å². The summed E-state index contributed by atoms with van der Waals surface area (Å²) in [6.45, 7) is 2.83. The standard InChI is InChI=1S/C22H22F4N2O/c1-3-29-14-8-9-18(23)17(11-14)21-20-16(15-6-4-5-7-19(15)27-20)10-13(2)28(21)12-22(24,25)26/h4-9,11,13,21,27H,3,10,12H2,1-2H3/t13-,21-/m1/s1. The van der Waals surface area contributed by atoms with E-state index in [2.05, 4.69) is 4.98 Å². The third-order valence-corrected chi connectivity index (χ3v) is 5.45. The molecule has 1 aromatic heterocycles. The number of aromatic amines is 1. The van der Waals surface area contributed by atoms with Crippen LogP contribution in [0.1, 0.15) is 36.7 Å². The first-order valence-electron chi connectivity index (χ1n) is 9.62. The van der Waals surface area contributed by atoms with Crippen molar-refractivity contribution in [2.75, 3.05) is 13.2 Å². The number of hydrogen-bond acceptors (Lipinski definition) is 2. The fourth-order valence-corrected chi connectivity index (χ4v) is 4.28. The average molecular weight is 406 g/mol. The number of fused-ring (bicyclic) bond motifs is 3. The number of nitrogens with zero attached hydrogens (tertiary/aromatic N) is 1. The number of nitrogens with one attached hydrogen (secondary N) is 1. The summed E-state index contributed by atoms with van der Waals surface area (Å²) in [5.74, 6) is -0.115. The maximum atomic E-state index is 14.9. The first-order chi connectivity index (χ1) is 13.8. The van der Waals surface area contributed by atoms with Gasteiger partial charge < -0.3 is 9.72 Å². The number of aromatic nitrogens is 1. The van der Waals surface area contributed by atoms with Gasteiger partial charge in [0.25, 0.3) is 0 Å². The van der Waals surface area contributed by atoms with Crippen molar-refractivity contribution in [1.29, 1.82) is 0 Å². The minimum atomic E-state index is -4.40. The van der Waals surface area contributed by atoms with E-state index in [0.717, 1.165) is 16.5 Å². The van der Waals surface area contributed by atoms with Crippen LogP contribution in [-0.2, 0) is 6.42 Å². The molecule has 0 saturated heterocycles. The predicted octanol–water partition coefficient (Wildman–Crippen LogP) is 5.60. The number of hydrogen-bond donors (Lipinski definition) is 1.